The zero-order chi connectivity index (χ0) is 17.3. The lowest BCUT2D eigenvalue weighted by Gasteiger charge is -2.40. The van der Waals surface area contributed by atoms with Gasteiger partial charge in [-0.15, -0.1) is 0 Å². The summed E-state index contributed by atoms with van der Waals surface area (Å²) >= 11 is 0. The molecule has 0 saturated heterocycles. The van der Waals surface area contributed by atoms with Crippen molar-refractivity contribution >= 4 is 17.6 Å². The Bertz CT molecular complexity index is 757. The number of hydrogen-bond acceptors (Lipinski definition) is 5. The van der Waals surface area contributed by atoms with Gasteiger partial charge in [-0.1, -0.05) is 0 Å². The van der Waals surface area contributed by atoms with Crippen LogP contribution in [0.1, 0.15) is 26.5 Å². The molecule has 0 saturated carbocycles. The summed E-state index contributed by atoms with van der Waals surface area (Å²) in [5.41, 5.74) is -1.66. The molecule has 0 aromatic carbocycles. The van der Waals surface area contributed by atoms with E-state index in [-0.39, 0.29) is 12.6 Å². The molecular weight excluding hydrogens is 310 g/mol. The molecule has 2 amide bonds. The molecule has 1 aliphatic rings. The van der Waals surface area contributed by atoms with Gasteiger partial charge in [0, 0.05) is 12.2 Å². The number of aromatic nitrogens is 1. The minimum absolute atomic E-state index is 0.160. The summed E-state index contributed by atoms with van der Waals surface area (Å²) in [6, 6.07) is 6.71. The van der Waals surface area contributed by atoms with Crippen LogP contribution in [-0.4, -0.2) is 28.4 Å². The Morgan fingerprint density at radius 1 is 1.38 bits per heavy atom. The normalized spacial score (nSPS) is 19.8. The highest BCUT2D eigenvalue weighted by molar-refractivity contribution is 6.16. The highest BCUT2D eigenvalue weighted by Crippen LogP contribution is 2.37. The second-order valence-corrected chi connectivity index (χ2v) is 5.99. The average molecular weight is 329 g/mol. The van der Waals surface area contributed by atoms with Crippen molar-refractivity contribution in [3.63, 3.8) is 0 Å². The molecule has 0 aliphatic carbocycles. The van der Waals surface area contributed by atoms with E-state index < -0.39 is 17.4 Å². The lowest BCUT2D eigenvalue weighted by atomic mass is 10.00. The fourth-order valence-corrected chi connectivity index (χ4v) is 2.60. The lowest BCUT2D eigenvalue weighted by molar-refractivity contribution is -0.148. The number of nitrogens with one attached hydrogen (secondary N) is 1. The van der Waals surface area contributed by atoms with Crippen LogP contribution in [0, 0.1) is 0 Å². The van der Waals surface area contributed by atoms with Gasteiger partial charge >= 0.3 is 0 Å². The minimum Gasteiger partial charge on any atom is -0.467 e. The number of nitrogens with zero attached hydrogens (tertiary/aromatic N) is 2. The fraction of sp³-hybridized carbons (Fsp3) is 0.353. The number of ether oxygens (including phenoxy) is 1. The summed E-state index contributed by atoms with van der Waals surface area (Å²) < 4.78 is 10.9. The van der Waals surface area contributed by atoms with E-state index in [1.54, 1.807) is 30.5 Å². The van der Waals surface area contributed by atoms with E-state index >= 15 is 0 Å². The van der Waals surface area contributed by atoms with Crippen molar-refractivity contribution in [2.75, 3.05) is 4.90 Å². The van der Waals surface area contributed by atoms with Crippen LogP contribution in [0.3, 0.4) is 0 Å². The summed E-state index contributed by atoms with van der Waals surface area (Å²) in [7, 11) is 0. The van der Waals surface area contributed by atoms with Gasteiger partial charge in [0.2, 0.25) is 0 Å². The number of carbonyl (C=O) groups excluding carboxylic acids is 2. The van der Waals surface area contributed by atoms with Crippen molar-refractivity contribution in [1.29, 1.82) is 0 Å². The molecule has 3 heterocycles. The number of amides is 2. The standard InChI is InChI=1S/C17H19N3O4/c1-11(2)20-14-13(7-4-8-18-14)24-17(3,16(20)22)15(21)19-10-12-6-5-9-23-12/h4-9,11H,10H2,1-3H3,(H,19,21)/t17-/m0/s1. The predicted molar refractivity (Wildman–Crippen MR) is 86.4 cm³/mol. The molecular formula is C17H19N3O4. The van der Waals surface area contributed by atoms with Crippen LogP contribution in [0.4, 0.5) is 5.82 Å². The summed E-state index contributed by atoms with van der Waals surface area (Å²) in [6.45, 7) is 5.38. The molecule has 7 nitrogen and oxygen atoms in total. The number of anilines is 1. The molecule has 2 aromatic rings. The molecule has 126 valence electrons. The molecule has 1 aliphatic heterocycles. The Balaban J connectivity index is 1.89. The quantitative estimate of drug-likeness (QED) is 0.866. The van der Waals surface area contributed by atoms with Crippen LogP contribution in [0.2, 0.25) is 0 Å². The molecule has 2 aromatic heterocycles. The lowest BCUT2D eigenvalue weighted by Crippen LogP contribution is -2.63. The van der Waals surface area contributed by atoms with Gasteiger partial charge in [-0.2, -0.15) is 0 Å². The Morgan fingerprint density at radius 2 is 2.17 bits per heavy atom. The third-order valence-electron chi connectivity index (χ3n) is 3.87. The van der Waals surface area contributed by atoms with Crippen LogP contribution in [0.15, 0.2) is 41.1 Å². The first-order valence-corrected chi connectivity index (χ1v) is 7.72. The second kappa shape index (κ2) is 5.99. The SMILES string of the molecule is CC(C)N1C(=O)[C@](C)(C(=O)NCc2ccco2)Oc2cccnc21. The van der Waals surface area contributed by atoms with E-state index in [9.17, 15) is 9.59 Å². The first kappa shape index (κ1) is 16.0. The highest BCUT2D eigenvalue weighted by atomic mass is 16.5. The van der Waals surface area contributed by atoms with Crippen molar-refractivity contribution in [2.45, 2.75) is 39.0 Å². The summed E-state index contributed by atoms with van der Waals surface area (Å²) in [5.74, 6) is 0.456. The topological polar surface area (TPSA) is 84.7 Å². The van der Waals surface area contributed by atoms with Gasteiger partial charge in [0.25, 0.3) is 17.4 Å². The predicted octanol–water partition coefficient (Wildman–Crippen LogP) is 1.88. The number of hydrogen-bond donors (Lipinski definition) is 1. The van der Waals surface area contributed by atoms with Gasteiger partial charge in [-0.3, -0.25) is 14.5 Å². The third kappa shape index (κ3) is 2.62. The maximum absolute atomic E-state index is 12.9. The van der Waals surface area contributed by atoms with Crippen molar-refractivity contribution < 1.29 is 18.7 Å². The zero-order valence-corrected chi connectivity index (χ0v) is 13.8. The third-order valence-corrected chi connectivity index (χ3v) is 3.87. The van der Waals surface area contributed by atoms with Crippen LogP contribution < -0.4 is 15.0 Å². The summed E-state index contributed by atoms with van der Waals surface area (Å²) in [6.07, 6.45) is 3.11. The van der Waals surface area contributed by atoms with Crippen LogP contribution >= 0.6 is 0 Å². The van der Waals surface area contributed by atoms with Crippen LogP contribution in [0.25, 0.3) is 0 Å². The molecule has 0 unspecified atom stereocenters. The van der Waals surface area contributed by atoms with Gasteiger partial charge in [0.05, 0.1) is 12.8 Å². The second-order valence-electron chi connectivity index (χ2n) is 5.99. The first-order valence-electron chi connectivity index (χ1n) is 7.72. The molecule has 1 N–H and O–H groups in total. The molecule has 0 fully saturated rings. The van der Waals surface area contributed by atoms with E-state index in [4.69, 9.17) is 9.15 Å². The van der Waals surface area contributed by atoms with Crippen LogP contribution in [0.5, 0.6) is 5.75 Å². The van der Waals surface area contributed by atoms with Gasteiger partial charge in [-0.05, 0) is 45.0 Å². The number of fused-ring (bicyclic) bond motifs is 1. The Labute approximate surface area is 139 Å². The van der Waals surface area contributed by atoms with E-state index in [0.29, 0.717) is 17.3 Å². The van der Waals surface area contributed by atoms with Gasteiger partial charge < -0.3 is 14.5 Å². The maximum atomic E-state index is 12.9. The molecule has 0 radical (unpaired) electrons. The maximum Gasteiger partial charge on any atom is 0.282 e. The van der Waals surface area contributed by atoms with E-state index in [0.717, 1.165) is 0 Å². The summed E-state index contributed by atoms with van der Waals surface area (Å²) in [5, 5.41) is 2.69. The molecule has 0 spiro atoms. The highest BCUT2D eigenvalue weighted by Gasteiger charge is 2.51. The number of furan rings is 1. The Kier molecular flexibility index (Phi) is 4.01. The number of pyridine rings is 1. The monoisotopic (exact) mass is 329 g/mol. The fourth-order valence-electron chi connectivity index (χ4n) is 2.60. The van der Waals surface area contributed by atoms with Crippen molar-refractivity contribution in [2.24, 2.45) is 0 Å². The smallest absolute Gasteiger partial charge is 0.282 e. The summed E-state index contributed by atoms with van der Waals surface area (Å²) in [4.78, 5) is 31.3. The van der Waals surface area contributed by atoms with Crippen molar-refractivity contribution in [3.05, 3.63) is 42.5 Å². The van der Waals surface area contributed by atoms with E-state index in [2.05, 4.69) is 10.3 Å². The Morgan fingerprint density at radius 3 is 2.83 bits per heavy atom. The first-order chi connectivity index (χ1) is 11.4. The van der Waals surface area contributed by atoms with Crippen molar-refractivity contribution in [1.82, 2.24) is 10.3 Å². The molecule has 0 bridgehead atoms. The molecule has 1 atom stereocenters. The number of carbonyl (C=O) groups is 2. The average Bonchev–Trinajstić information content (AvgIpc) is 3.06. The minimum atomic E-state index is -1.66. The van der Waals surface area contributed by atoms with E-state index in [1.807, 2.05) is 13.8 Å². The molecule has 7 heteroatoms. The van der Waals surface area contributed by atoms with E-state index in [1.165, 1.54) is 18.1 Å². The Hall–Kier alpha value is -2.83. The molecule has 3 rings (SSSR count). The van der Waals surface area contributed by atoms with Gasteiger partial charge in [0.1, 0.15) is 5.76 Å². The van der Waals surface area contributed by atoms with Crippen LogP contribution in [-0.2, 0) is 16.1 Å². The zero-order valence-electron chi connectivity index (χ0n) is 13.8. The largest absolute Gasteiger partial charge is 0.467 e. The van der Waals surface area contributed by atoms with Gasteiger partial charge in [0.15, 0.2) is 11.6 Å². The molecule has 24 heavy (non-hydrogen) atoms. The van der Waals surface area contributed by atoms with Gasteiger partial charge in [-0.25, -0.2) is 4.98 Å². The van der Waals surface area contributed by atoms with Crippen molar-refractivity contribution in [3.8, 4) is 5.75 Å². The number of rotatable bonds is 4.